The van der Waals surface area contributed by atoms with Gasteiger partial charge in [0.15, 0.2) is 0 Å². The summed E-state index contributed by atoms with van der Waals surface area (Å²) in [6, 6.07) is 15.3. The first-order valence-electron chi connectivity index (χ1n) is 13.3. The average Bonchev–Trinajstić information content (AvgIpc) is 2.92. The van der Waals surface area contributed by atoms with E-state index in [0.717, 1.165) is 60.6 Å². The summed E-state index contributed by atoms with van der Waals surface area (Å²) < 4.78 is 38.7. The topological polar surface area (TPSA) is 48.5 Å². The van der Waals surface area contributed by atoms with Gasteiger partial charge < -0.3 is 15.1 Å². The molecule has 1 aliphatic rings. The molecule has 4 rings (SSSR count). The van der Waals surface area contributed by atoms with Crippen LogP contribution in [0.25, 0.3) is 6.08 Å². The van der Waals surface area contributed by atoms with E-state index in [0.29, 0.717) is 18.2 Å². The van der Waals surface area contributed by atoms with E-state index in [1.165, 1.54) is 18.2 Å². The second kappa shape index (κ2) is 12.5. The lowest BCUT2D eigenvalue weighted by molar-refractivity contribution is -0.137. The van der Waals surface area contributed by atoms with Gasteiger partial charge in [0.2, 0.25) is 5.91 Å². The molecule has 0 bridgehead atoms. The van der Waals surface area contributed by atoms with Crippen LogP contribution in [0.5, 0.6) is 0 Å². The molecular weight excluding hydrogens is 501 g/mol. The maximum Gasteiger partial charge on any atom is 0.416 e. The predicted molar refractivity (Wildman–Crippen MR) is 149 cm³/mol. The number of hydrogen-bond acceptors (Lipinski definition) is 4. The monoisotopic (exact) mass is 536 g/mol. The van der Waals surface area contributed by atoms with E-state index >= 15 is 0 Å². The molecule has 1 aromatic heterocycles. The Morgan fingerprint density at radius 3 is 2.49 bits per heavy atom. The number of piperidine rings is 1. The van der Waals surface area contributed by atoms with Crippen LogP contribution in [-0.4, -0.2) is 45.9 Å². The molecule has 39 heavy (non-hydrogen) atoms. The van der Waals surface area contributed by atoms with Crippen molar-refractivity contribution < 1.29 is 18.0 Å². The largest absolute Gasteiger partial charge is 0.416 e. The number of nitrogens with one attached hydrogen (secondary N) is 1. The van der Waals surface area contributed by atoms with Crippen LogP contribution in [0.15, 0.2) is 73.1 Å². The number of amides is 1. The van der Waals surface area contributed by atoms with Gasteiger partial charge >= 0.3 is 6.18 Å². The average molecular weight is 537 g/mol. The third kappa shape index (κ3) is 7.69. The summed E-state index contributed by atoms with van der Waals surface area (Å²) in [4.78, 5) is 22.0. The molecule has 0 spiro atoms. The van der Waals surface area contributed by atoms with E-state index in [2.05, 4.69) is 29.0 Å². The van der Waals surface area contributed by atoms with Gasteiger partial charge in [0.1, 0.15) is 0 Å². The number of aryl methyl sites for hydroxylation is 1. The molecular formula is C31H35F3N4O. The van der Waals surface area contributed by atoms with Gasteiger partial charge in [-0.1, -0.05) is 24.3 Å². The SMILES string of the molecule is Cc1cnccc1Nc1cccc(CN(C(=O)C=Cc2ccc(C(F)(F)F)cc2)C2CCN(C(C)C)CC2)c1. The van der Waals surface area contributed by atoms with Gasteiger partial charge in [0, 0.05) is 61.6 Å². The lowest BCUT2D eigenvalue weighted by Gasteiger charge is -2.39. The van der Waals surface area contributed by atoms with Crippen LogP contribution < -0.4 is 5.32 Å². The summed E-state index contributed by atoms with van der Waals surface area (Å²) in [6.45, 7) is 8.62. The number of rotatable bonds is 8. The molecule has 1 fully saturated rings. The van der Waals surface area contributed by atoms with Gasteiger partial charge in [0.05, 0.1) is 5.56 Å². The number of hydrogen-bond donors (Lipinski definition) is 1. The minimum Gasteiger partial charge on any atom is -0.355 e. The second-order valence-corrected chi connectivity index (χ2v) is 10.3. The van der Waals surface area contributed by atoms with Crippen molar-refractivity contribution in [3.8, 4) is 0 Å². The normalized spacial score (nSPS) is 15.2. The van der Waals surface area contributed by atoms with Crippen LogP contribution in [0.1, 0.15) is 48.9 Å². The van der Waals surface area contributed by atoms with Crippen LogP contribution >= 0.6 is 0 Å². The Bertz CT molecular complexity index is 1280. The first-order valence-corrected chi connectivity index (χ1v) is 13.3. The van der Waals surface area contributed by atoms with Gasteiger partial charge in [-0.25, -0.2) is 0 Å². The van der Waals surface area contributed by atoms with Crippen LogP contribution in [0, 0.1) is 6.92 Å². The molecule has 0 saturated carbocycles. The number of aromatic nitrogens is 1. The number of pyridine rings is 1. The van der Waals surface area contributed by atoms with Crippen molar-refractivity contribution in [2.24, 2.45) is 0 Å². The van der Waals surface area contributed by atoms with E-state index in [4.69, 9.17) is 0 Å². The van der Waals surface area contributed by atoms with Crippen molar-refractivity contribution >= 4 is 23.4 Å². The number of benzene rings is 2. The van der Waals surface area contributed by atoms with Crippen LogP contribution in [-0.2, 0) is 17.5 Å². The highest BCUT2D eigenvalue weighted by molar-refractivity contribution is 5.92. The summed E-state index contributed by atoms with van der Waals surface area (Å²) in [5.74, 6) is -0.152. The number of anilines is 2. The van der Waals surface area contributed by atoms with E-state index in [1.807, 2.05) is 42.2 Å². The molecule has 1 amide bonds. The summed E-state index contributed by atoms with van der Waals surface area (Å²) in [6.07, 6.45) is 3.95. The third-order valence-corrected chi connectivity index (χ3v) is 7.19. The lowest BCUT2D eigenvalue weighted by Crippen LogP contribution is -2.48. The molecule has 0 aliphatic carbocycles. The minimum absolute atomic E-state index is 0.0730. The van der Waals surface area contributed by atoms with Crippen molar-refractivity contribution in [1.29, 1.82) is 0 Å². The van der Waals surface area contributed by atoms with Gasteiger partial charge in [-0.3, -0.25) is 9.78 Å². The summed E-state index contributed by atoms with van der Waals surface area (Å²) in [5, 5.41) is 3.43. The Balaban J connectivity index is 1.53. The fourth-order valence-corrected chi connectivity index (χ4v) is 4.86. The van der Waals surface area contributed by atoms with Crippen LogP contribution in [0.4, 0.5) is 24.5 Å². The molecule has 2 aromatic carbocycles. The number of halogens is 3. The standard InChI is InChI=1S/C31H35F3N4O/c1-22(2)37-17-14-28(15-18-37)38(30(39)12-9-24-7-10-26(11-8-24)31(32,33)34)21-25-5-4-6-27(19-25)36-29-13-16-35-20-23(29)3/h4-13,16,19-20,22,28H,14-15,17-18,21H2,1-3H3,(H,35,36). The fourth-order valence-electron chi connectivity index (χ4n) is 4.86. The van der Waals surface area contributed by atoms with Crippen molar-refractivity contribution in [3.05, 3.63) is 95.3 Å². The maximum atomic E-state index is 13.5. The zero-order valence-electron chi connectivity index (χ0n) is 22.6. The first kappa shape index (κ1) is 28.4. The van der Waals surface area contributed by atoms with Gasteiger partial charge in [-0.15, -0.1) is 0 Å². The Labute approximate surface area is 228 Å². The Morgan fingerprint density at radius 2 is 1.85 bits per heavy atom. The molecule has 1 saturated heterocycles. The van der Waals surface area contributed by atoms with E-state index in [-0.39, 0.29) is 11.9 Å². The molecule has 206 valence electrons. The number of likely N-dealkylation sites (tertiary alicyclic amines) is 1. The molecule has 5 nitrogen and oxygen atoms in total. The fraction of sp³-hybridized carbons (Fsp3) is 0.355. The highest BCUT2D eigenvalue weighted by atomic mass is 19.4. The zero-order valence-corrected chi connectivity index (χ0v) is 22.6. The van der Waals surface area contributed by atoms with Gasteiger partial charge in [0.25, 0.3) is 0 Å². The predicted octanol–water partition coefficient (Wildman–Crippen LogP) is 7.07. The Kier molecular flexibility index (Phi) is 9.07. The molecule has 8 heteroatoms. The molecule has 3 aromatic rings. The Morgan fingerprint density at radius 1 is 1.13 bits per heavy atom. The first-order chi connectivity index (χ1) is 18.6. The highest BCUT2D eigenvalue weighted by Gasteiger charge is 2.30. The number of nitrogens with zero attached hydrogens (tertiary/aromatic N) is 3. The van der Waals surface area contributed by atoms with Crippen molar-refractivity contribution in [3.63, 3.8) is 0 Å². The quantitative estimate of drug-likeness (QED) is 0.313. The number of alkyl halides is 3. The van der Waals surface area contributed by atoms with E-state index in [1.54, 1.807) is 18.5 Å². The van der Waals surface area contributed by atoms with E-state index in [9.17, 15) is 18.0 Å². The molecule has 2 heterocycles. The van der Waals surface area contributed by atoms with Crippen LogP contribution in [0.3, 0.4) is 0 Å². The highest BCUT2D eigenvalue weighted by Crippen LogP contribution is 2.29. The van der Waals surface area contributed by atoms with Crippen molar-refractivity contribution in [2.45, 2.75) is 58.4 Å². The Hall–Kier alpha value is -3.65. The smallest absolute Gasteiger partial charge is 0.355 e. The van der Waals surface area contributed by atoms with Crippen molar-refractivity contribution in [2.75, 3.05) is 18.4 Å². The maximum absolute atomic E-state index is 13.5. The summed E-state index contributed by atoms with van der Waals surface area (Å²) in [7, 11) is 0. The molecule has 0 unspecified atom stereocenters. The molecule has 1 N–H and O–H groups in total. The minimum atomic E-state index is -4.39. The third-order valence-electron chi connectivity index (χ3n) is 7.19. The molecule has 1 aliphatic heterocycles. The van der Waals surface area contributed by atoms with E-state index < -0.39 is 11.7 Å². The zero-order chi connectivity index (χ0) is 28.0. The summed E-state index contributed by atoms with van der Waals surface area (Å²) in [5.41, 5.74) is 3.75. The number of carbonyl (C=O) groups is 1. The van der Waals surface area contributed by atoms with Crippen molar-refractivity contribution in [1.82, 2.24) is 14.8 Å². The van der Waals surface area contributed by atoms with Gasteiger partial charge in [-0.05, 0) is 86.7 Å². The second-order valence-electron chi connectivity index (χ2n) is 10.3. The molecule has 0 radical (unpaired) electrons. The summed E-state index contributed by atoms with van der Waals surface area (Å²) >= 11 is 0. The van der Waals surface area contributed by atoms with Gasteiger partial charge in [-0.2, -0.15) is 13.2 Å². The lowest BCUT2D eigenvalue weighted by atomic mass is 10.0. The molecule has 0 atom stereocenters. The van der Waals surface area contributed by atoms with Crippen LogP contribution in [0.2, 0.25) is 0 Å². The number of carbonyl (C=O) groups excluding carboxylic acids is 1.